The molecule has 0 saturated heterocycles. The Bertz CT molecular complexity index is 684. The molecule has 0 unspecified atom stereocenters. The molecule has 0 aliphatic heterocycles. The van der Waals surface area contributed by atoms with E-state index in [0.29, 0.717) is 10.8 Å². The number of hydrogen-bond donors (Lipinski definition) is 0. The van der Waals surface area contributed by atoms with Gasteiger partial charge in [-0.2, -0.15) is 5.10 Å². The molecular formula is C11H8BBrN2O3. The summed E-state index contributed by atoms with van der Waals surface area (Å²) in [7, 11) is 7.01. The normalized spacial score (nSPS) is 10.6. The van der Waals surface area contributed by atoms with Crippen LogP contribution in [-0.4, -0.2) is 30.7 Å². The maximum Gasteiger partial charge on any atom is 0.327 e. The monoisotopic (exact) mass is 306 g/mol. The SMILES string of the molecule is [B]c1nn(CC(=O)OC)c(=O)c2ccc(Br)cc12. The van der Waals surface area contributed by atoms with Crippen LogP contribution in [0.3, 0.4) is 0 Å². The van der Waals surface area contributed by atoms with E-state index in [0.717, 1.165) is 9.15 Å². The van der Waals surface area contributed by atoms with Crippen molar-refractivity contribution in [3.8, 4) is 0 Å². The first-order chi connectivity index (χ1) is 8.52. The molecule has 0 saturated carbocycles. The predicted molar refractivity (Wildman–Crippen MR) is 71.1 cm³/mol. The van der Waals surface area contributed by atoms with Crippen molar-refractivity contribution in [2.75, 3.05) is 7.11 Å². The van der Waals surface area contributed by atoms with E-state index in [9.17, 15) is 9.59 Å². The topological polar surface area (TPSA) is 61.2 Å². The number of carbonyl (C=O) groups excluding carboxylic acids is 1. The second kappa shape index (κ2) is 4.93. The number of nitrogens with zero attached hydrogens (tertiary/aromatic N) is 2. The van der Waals surface area contributed by atoms with E-state index in [4.69, 9.17) is 7.85 Å². The number of rotatable bonds is 2. The zero-order chi connectivity index (χ0) is 13.3. The number of fused-ring (bicyclic) bond motifs is 1. The van der Waals surface area contributed by atoms with Crippen molar-refractivity contribution >= 4 is 46.1 Å². The van der Waals surface area contributed by atoms with Crippen molar-refractivity contribution in [3.63, 3.8) is 0 Å². The summed E-state index contributed by atoms with van der Waals surface area (Å²) in [6, 6.07) is 5.07. The predicted octanol–water partition coefficient (Wildman–Crippen LogP) is 0.126. The summed E-state index contributed by atoms with van der Waals surface area (Å²) in [5.41, 5.74) is -0.188. The van der Waals surface area contributed by atoms with Gasteiger partial charge in [0.25, 0.3) is 5.56 Å². The Balaban J connectivity index is 2.65. The van der Waals surface area contributed by atoms with Gasteiger partial charge in [-0.1, -0.05) is 15.9 Å². The first-order valence-electron chi connectivity index (χ1n) is 5.05. The molecule has 1 heterocycles. The first-order valence-corrected chi connectivity index (χ1v) is 5.85. The lowest BCUT2D eigenvalue weighted by atomic mass is 9.98. The standard InChI is InChI=1S/C11H8BBrN2O3/c1-18-9(16)5-15-11(17)7-3-2-6(13)4-8(7)10(12)14-15/h2-4H,5H2,1H3. The number of ether oxygens (including phenoxy) is 1. The van der Waals surface area contributed by atoms with Gasteiger partial charge in [-0.15, -0.1) is 0 Å². The van der Waals surface area contributed by atoms with Gasteiger partial charge in [-0.25, -0.2) is 4.68 Å². The number of benzene rings is 1. The fourth-order valence-electron chi connectivity index (χ4n) is 1.58. The highest BCUT2D eigenvalue weighted by molar-refractivity contribution is 9.10. The Kier molecular flexibility index (Phi) is 3.51. The third-order valence-electron chi connectivity index (χ3n) is 2.46. The van der Waals surface area contributed by atoms with Crippen LogP contribution < -0.4 is 11.2 Å². The minimum absolute atomic E-state index is 0.190. The molecule has 7 heteroatoms. The minimum Gasteiger partial charge on any atom is -0.468 e. The molecule has 90 valence electrons. The number of aromatic nitrogens is 2. The molecule has 0 fully saturated rings. The quantitative estimate of drug-likeness (QED) is 0.584. The zero-order valence-corrected chi connectivity index (χ0v) is 11.1. The number of carbonyl (C=O) groups is 1. The minimum atomic E-state index is -0.555. The van der Waals surface area contributed by atoms with Gasteiger partial charge in [0.2, 0.25) is 0 Å². The van der Waals surface area contributed by atoms with Gasteiger partial charge >= 0.3 is 5.97 Å². The lowest BCUT2D eigenvalue weighted by Gasteiger charge is -2.08. The van der Waals surface area contributed by atoms with Crippen LogP contribution in [-0.2, 0) is 16.1 Å². The molecule has 5 nitrogen and oxygen atoms in total. The largest absolute Gasteiger partial charge is 0.468 e. The Morgan fingerprint density at radius 3 is 2.89 bits per heavy atom. The lowest BCUT2D eigenvalue weighted by molar-refractivity contribution is -0.141. The van der Waals surface area contributed by atoms with Gasteiger partial charge in [-0.05, 0) is 18.2 Å². The number of methoxy groups -OCH3 is 1. The average molecular weight is 307 g/mol. The molecule has 2 radical (unpaired) electrons. The molecule has 0 spiro atoms. The highest BCUT2D eigenvalue weighted by Gasteiger charge is 2.10. The van der Waals surface area contributed by atoms with Crippen molar-refractivity contribution in [1.29, 1.82) is 0 Å². The van der Waals surface area contributed by atoms with Gasteiger partial charge < -0.3 is 4.74 Å². The lowest BCUT2D eigenvalue weighted by Crippen LogP contribution is -2.33. The van der Waals surface area contributed by atoms with E-state index >= 15 is 0 Å². The maximum absolute atomic E-state index is 12.1. The van der Waals surface area contributed by atoms with E-state index in [1.54, 1.807) is 18.2 Å². The first kappa shape index (κ1) is 12.8. The summed E-state index contributed by atoms with van der Waals surface area (Å²) in [4.78, 5) is 23.2. The molecule has 2 aromatic rings. The van der Waals surface area contributed by atoms with Crippen LogP contribution in [0.5, 0.6) is 0 Å². The molecule has 18 heavy (non-hydrogen) atoms. The molecule has 1 aromatic carbocycles. The van der Waals surface area contributed by atoms with E-state index in [-0.39, 0.29) is 17.7 Å². The van der Waals surface area contributed by atoms with Crippen LogP contribution in [0.25, 0.3) is 10.8 Å². The Labute approximate surface area is 112 Å². The molecule has 0 atom stereocenters. The van der Waals surface area contributed by atoms with Crippen molar-refractivity contribution in [3.05, 3.63) is 33.0 Å². The molecular weight excluding hydrogens is 299 g/mol. The summed E-state index contributed by atoms with van der Waals surface area (Å²) in [5, 5.41) is 4.85. The number of halogens is 1. The highest BCUT2D eigenvalue weighted by Crippen LogP contribution is 2.14. The molecule has 0 aliphatic rings. The Morgan fingerprint density at radius 1 is 1.50 bits per heavy atom. The fourth-order valence-corrected chi connectivity index (χ4v) is 1.94. The van der Waals surface area contributed by atoms with Crippen LogP contribution >= 0.6 is 15.9 Å². The molecule has 1 aromatic heterocycles. The second-order valence-corrected chi connectivity index (χ2v) is 4.53. The van der Waals surface area contributed by atoms with Crippen LogP contribution in [0.1, 0.15) is 0 Å². The third kappa shape index (κ3) is 2.31. The van der Waals surface area contributed by atoms with Crippen LogP contribution in [0.4, 0.5) is 0 Å². The molecule has 0 bridgehead atoms. The van der Waals surface area contributed by atoms with Crippen LogP contribution in [0.2, 0.25) is 0 Å². The van der Waals surface area contributed by atoms with Gasteiger partial charge in [0.05, 0.1) is 7.11 Å². The average Bonchev–Trinajstić information content (AvgIpc) is 2.35. The summed E-state index contributed by atoms with van der Waals surface area (Å²) in [6.07, 6.45) is 0. The van der Waals surface area contributed by atoms with Gasteiger partial charge in [0.15, 0.2) is 0 Å². The van der Waals surface area contributed by atoms with Crippen molar-refractivity contribution in [1.82, 2.24) is 9.78 Å². The van der Waals surface area contributed by atoms with Gasteiger partial charge in [-0.3, -0.25) is 9.59 Å². The third-order valence-corrected chi connectivity index (χ3v) is 2.95. The van der Waals surface area contributed by atoms with Gasteiger partial charge in [0, 0.05) is 20.8 Å². The van der Waals surface area contributed by atoms with Gasteiger partial charge in [0.1, 0.15) is 14.4 Å². The van der Waals surface area contributed by atoms with Crippen LogP contribution in [0.15, 0.2) is 27.5 Å². The summed E-state index contributed by atoms with van der Waals surface area (Å²) in [6.45, 7) is -0.258. The van der Waals surface area contributed by atoms with E-state index < -0.39 is 5.97 Å². The molecule has 2 rings (SSSR count). The smallest absolute Gasteiger partial charge is 0.327 e. The molecule has 0 N–H and O–H groups in total. The number of esters is 1. The summed E-state index contributed by atoms with van der Waals surface area (Å²) >= 11 is 3.29. The van der Waals surface area contributed by atoms with E-state index in [1.165, 1.54) is 7.11 Å². The summed E-state index contributed by atoms with van der Waals surface area (Å²) < 4.78 is 6.29. The molecule has 0 amide bonds. The van der Waals surface area contributed by atoms with E-state index in [1.807, 2.05) is 0 Å². The maximum atomic E-state index is 12.1. The Morgan fingerprint density at radius 2 is 2.22 bits per heavy atom. The number of hydrogen-bond acceptors (Lipinski definition) is 4. The van der Waals surface area contributed by atoms with Crippen molar-refractivity contribution in [2.45, 2.75) is 6.54 Å². The zero-order valence-electron chi connectivity index (χ0n) is 9.51. The second-order valence-electron chi connectivity index (χ2n) is 3.61. The van der Waals surface area contributed by atoms with Crippen molar-refractivity contribution in [2.24, 2.45) is 0 Å². The molecule has 0 aliphatic carbocycles. The Hall–Kier alpha value is -1.63. The summed E-state index contributed by atoms with van der Waals surface area (Å²) in [5.74, 6) is -0.555. The van der Waals surface area contributed by atoms with E-state index in [2.05, 4.69) is 25.8 Å². The fraction of sp³-hybridized carbons (Fsp3) is 0.182. The van der Waals surface area contributed by atoms with Crippen molar-refractivity contribution < 1.29 is 9.53 Å². The highest BCUT2D eigenvalue weighted by atomic mass is 79.9. The van der Waals surface area contributed by atoms with Crippen LogP contribution in [0, 0.1) is 0 Å².